The van der Waals surface area contributed by atoms with Crippen molar-refractivity contribution in [3.05, 3.63) is 11.7 Å². The quantitative estimate of drug-likeness (QED) is 0.839. The van der Waals surface area contributed by atoms with E-state index in [0.717, 1.165) is 32.2 Å². The standard InChI is InChI=1S/C14H21N3O3/c1-10-15-13(16-20-10)9-19-12-6-3-7-17(8-12)14(18)11-4-2-5-11/h11-12H,2-9H2,1H3. The first-order valence-corrected chi connectivity index (χ1v) is 7.42. The Morgan fingerprint density at radius 1 is 1.40 bits per heavy atom. The highest BCUT2D eigenvalue weighted by molar-refractivity contribution is 5.79. The van der Waals surface area contributed by atoms with Gasteiger partial charge in [-0.2, -0.15) is 4.98 Å². The zero-order valence-corrected chi connectivity index (χ0v) is 11.9. The van der Waals surface area contributed by atoms with E-state index in [4.69, 9.17) is 9.26 Å². The molecule has 1 amide bonds. The van der Waals surface area contributed by atoms with Gasteiger partial charge in [-0.05, 0) is 25.7 Å². The van der Waals surface area contributed by atoms with Gasteiger partial charge in [-0.25, -0.2) is 0 Å². The first-order chi connectivity index (χ1) is 9.72. The molecule has 2 aliphatic rings. The lowest BCUT2D eigenvalue weighted by Crippen LogP contribution is -2.46. The van der Waals surface area contributed by atoms with Gasteiger partial charge in [0.15, 0.2) is 5.82 Å². The Labute approximate surface area is 118 Å². The maximum absolute atomic E-state index is 12.2. The van der Waals surface area contributed by atoms with Gasteiger partial charge in [0, 0.05) is 25.9 Å². The van der Waals surface area contributed by atoms with E-state index in [2.05, 4.69) is 10.1 Å². The maximum atomic E-state index is 12.2. The largest absolute Gasteiger partial charge is 0.368 e. The van der Waals surface area contributed by atoms with Crippen molar-refractivity contribution in [1.82, 2.24) is 15.0 Å². The predicted molar refractivity (Wildman–Crippen MR) is 70.8 cm³/mol. The van der Waals surface area contributed by atoms with Crippen LogP contribution in [0.15, 0.2) is 4.52 Å². The highest BCUT2D eigenvalue weighted by Gasteiger charge is 2.32. The Morgan fingerprint density at radius 3 is 2.90 bits per heavy atom. The third-order valence-corrected chi connectivity index (χ3v) is 4.16. The molecule has 1 atom stereocenters. The van der Waals surface area contributed by atoms with Crippen molar-refractivity contribution < 1.29 is 14.1 Å². The van der Waals surface area contributed by atoms with E-state index in [0.29, 0.717) is 30.8 Å². The summed E-state index contributed by atoms with van der Waals surface area (Å²) in [4.78, 5) is 18.3. The minimum absolute atomic E-state index is 0.0894. The Kier molecular flexibility index (Phi) is 4.00. The molecule has 2 fully saturated rings. The molecule has 3 rings (SSSR count). The van der Waals surface area contributed by atoms with E-state index < -0.39 is 0 Å². The summed E-state index contributed by atoms with van der Waals surface area (Å²) in [5.41, 5.74) is 0. The number of carbonyl (C=O) groups excluding carboxylic acids is 1. The lowest BCUT2D eigenvalue weighted by atomic mass is 9.84. The van der Waals surface area contributed by atoms with Crippen LogP contribution in [-0.2, 0) is 16.1 Å². The zero-order valence-electron chi connectivity index (χ0n) is 11.9. The van der Waals surface area contributed by atoms with Crippen LogP contribution in [0.25, 0.3) is 0 Å². The second-order valence-electron chi connectivity index (χ2n) is 5.72. The molecule has 0 radical (unpaired) electrons. The molecular weight excluding hydrogens is 258 g/mol. The molecule has 2 heterocycles. The molecule has 1 saturated heterocycles. The van der Waals surface area contributed by atoms with Gasteiger partial charge in [0.2, 0.25) is 11.8 Å². The van der Waals surface area contributed by atoms with Crippen LogP contribution < -0.4 is 0 Å². The number of hydrogen-bond acceptors (Lipinski definition) is 5. The van der Waals surface area contributed by atoms with Gasteiger partial charge >= 0.3 is 0 Å². The van der Waals surface area contributed by atoms with E-state index in [-0.39, 0.29) is 12.0 Å². The second kappa shape index (κ2) is 5.91. The van der Waals surface area contributed by atoms with Gasteiger partial charge in [-0.1, -0.05) is 11.6 Å². The van der Waals surface area contributed by atoms with Crippen LogP contribution >= 0.6 is 0 Å². The van der Waals surface area contributed by atoms with Gasteiger partial charge in [-0.3, -0.25) is 4.79 Å². The van der Waals surface area contributed by atoms with Crippen molar-refractivity contribution in [2.75, 3.05) is 13.1 Å². The fourth-order valence-corrected chi connectivity index (χ4v) is 2.78. The molecule has 110 valence electrons. The number of amides is 1. The minimum atomic E-state index is 0.0894. The molecule has 0 N–H and O–H groups in total. The second-order valence-corrected chi connectivity index (χ2v) is 5.72. The number of ether oxygens (including phenoxy) is 1. The lowest BCUT2D eigenvalue weighted by Gasteiger charge is -2.37. The molecule has 6 nitrogen and oxygen atoms in total. The Morgan fingerprint density at radius 2 is 2.25 bits per heavy atom. The smallest absolute Gasteiger partial charge is 0.225 e. The molecule has 1 aliphatic carbocycles. The summed E-state index contributed by atoms with van der Waals surface area (Å²) >= 11 is 0. The number of likely N-dealkylation sites (tertiary alicyclic amines) is 1. The molecule has 1 saturated carbocycles. The van der Waals surface area contributed by atoms with Crippen molar-refractivity contribution in [3.8, 4) is 0 Å². The highest BCUT2D eigenvalue weighted by atomic mass is 16.5. The number of hydrogen-bond donors (Lipinski definition) is 0. The summed E-state index contributed by atoms with van der Waals surface area (Å²) < 4.78 is 10.7. The van der Waals surface area contributed by atoms with E-state index in [1.165, 1.54) is 6.42 Å². The fraction of sp³-hybridized carbons (Fsp3) is 0.786. The van der Waals surface area contributed by atoms with Crippen molar-refractivity contribution in [3.63, 3.8) is 0 Å². The van der Waals surface area contributed by atoms with Crippen LogP contribution in [0.2, 0.25) is 0 Å². The first kappa shape index (κ1) is 13.5. The third kappa shape index (κ3) is 3.00. The number of piperidine rings is 1. The third-order valence-electron chi connectivity index (χ3n) is 4.16. The highest BCUT2D eigenvalue weighted by Crippen LogP contribution is 2.29. The topological polar surface area (TPSA) is 68.5 Å². The first-order valence-electron chi connectivity index (χ1n) is 7.42. The molecule has 0 aromatic carbocycles. The van der Waals surface area contributed by atoms with Crippen LogP contribution in [0.1, 0.15) is 43.8 Å². The van der Waals surface area contributed by atoms with Crippen molar-refractivity contribution in [2.24, 2.45) is 5.92 Å². The van der Waals surface area contributed by atoms with Gasteiger partial charge in [0.1, 0.15) is 6.61 Å². The monoisotopic (exact) mass is 279 g/mol. The number of aromatic nitrogens is 2. The molecule has 1 aliphatic heterocycles. The van der Waals surface area contributed by atoms with Crippen LogP contribution in [0.5, 0.6) is 0 Å². The predicted octanol–water partition coefficient (Wildman–Crippen LogP) is 1.69. The molecular formula is C14H21N3O3. The molecule has 0 bridgehead atoms. The number of carbonyl (C=O) groups is 1. The molecule has 6 heteroatoms. The number of nitrogens with zero attached hydrogens (tertiary/aromatic N) is 3. The van der Waals surface area contributed by atoms with Gasteiger partial charge in [0.25, 0.3) is 0 Å². The van der Waals surface area contributed by atoms with Crippen LogP contribution in [-0.4, -0.2) is 40.1 Å². The van der Waals surface area contributed by atoms with Crippen molar-refractivity contribution in [1.29, 1.82) is 0 Å². The average Bonchev–Trinajstić information content (AvgIpc) is 2.80. The van der Waals surface area contributed by atoms with Crippen LogP contribution in [0, 0.1) is 12.8 Å². The van der Waals surface area contributed by atoms with E-state index in [1.54, 1.807) is 6.92 Å². The minimum Gasteiger partial charge on any atom is -0.368 e. The average molecular weight is 279 g/mol. The van der Waals surface area contributed by atoms with Crippen molar-refractivity contribution in [2.45, 2.75) is 51.7 Å². The van der Waals surface area contributed by atoms with E-state index in [9.17, 15) is 4.79 Å². The summed E-state index contributed by atoms with van der Waals surface area (Å²) in [5.74, 6) is 1.72. The molecule has 1 aromatic rings. The number of rotatable bonds is 4. The summed E-state index contributed by atoms with van der Waals surface area (Å²) in [6, 6.07) is 0. The van der Waals surface area contributed by atoms with E-state index in [1.807, 2.05) is 4.90 Å². The summed E-state index contributed by atoms with van der Waals surface area (Å²) in [7, 11) is 0. The molecule has 20 heavy (non-hydrogen) atoms. The van der Waals surface area contributed by atoms with Crippen molar-refractivity contribution >= 4 is 5.91 Å². The van der Waals surface area contributed by atoms with E-state index >= 15 is 0 Å². The van der Waals surface area contributed by atoms with Gasteiger partial charge in [-0.15, -0.1) is 0 Å². The van der Waals surface area contributed by atoms with Gasteiger partial charge < -0.3 is 14.2 Å². The lowest BCUT2D eigenvalue weighted by molar-refractivity contribution is -0.142. The number of aryl methyl sites for hydroxylation is 1. The summed E-state index contributed by atoms with van der Waals surface area (Å²) in [6.07, 6.45) is 5.40. The van der Waals surface area contributed by atoms with Gasteiger partial charge in [0.05, 0.1) is 6.10 Å². The Hall–Kier alpha value is -1.43. The van der Waals surface area contributed by atoms with Crippen LogP contribution in [0.4, 0.5) is 0 Å². The molecule has 0 spiro atoms. The molecule has 1 aromatic heterocycles. The maximum Gasteiger partial charge on any atom is 0.225 e. The Balaban J connectivity index is 1.48. The Bertz CT molecular complexity index is 470. The SMILES string of the molecule is Cc1nc(COC2CCCN(C(=O)C3CCC3)C2)no1. The van der Waals surface area contributed by atoms with Crippen LogP contribution in [0.3, 0.4) is 0 Å². The fourth-order valence-electron chi connectivity index (χ4n) is 2.78. The molecule has 1 unspecified atom stereocenters. The summed E-state index contributed by atoms with van der Waals surface area (Å²) in [5, 5.41) is 3.81. The summed E-state index contributed by atoms with van der Waals surface area (Å²) in [6.45, 7) is 3.69. The normalized spacial score (nSPS) is 23.6. The zero-order chi connectivity index (χ0) is 13.9.